The Labute approximate surface area is 97.8 Å². The smallest absolute Gasteiger partial charge is 0.277 e. The number of rotatable bonds is 3. The molecule has 0 bridgehead atoms. The number of nitrogens with two attached hydrogens (primary N) is 1. The van der Waals surface area contributed by atoms with Gasteiger partial charge in [0.15, 0.2) is 0 Å². The molecule has 0 saturated carbocycles. The van der Waals surface area contributed by atoms with Gasteiger partial charge in [0.25, 0.3) is 5.91 Å². The van der Waals surface area contributed by atoms with Gasteiger partial charge in [-0.3, -0.25) is 4.79 Å². The Bertz CT molecular complexity index is 519. The highest BCUT2D eigenvalue weighted by atomic mass is 16.6. The van der Waals surface area contributed by atoms with Crippen LogP contribution in [0.15, 0.2) is 28.9 Å². The SMILES string of the molecule is Cc1ccc(CNC(=O)c2nonc2N)cc1. The molecule has 0 saturated heterocycles. The summed E-state index contributed by atoms with van der Waals surface area (Å²) in [5, 5.41) is 9.43. The number of carbonyl (C=O) groups excluding carboxylic acids is 1. The molecule has 0 aliphatic carbocycles. The summed E-state index contributed by atoms with van der Waals surface area (Å²) < 4.78 is 4.35. The summed E-state index contributed by atoms with van der Waals surface area (Å²) in [4.78, 5) is 11.6. The first-order chi connectivity index (χ1) is 8.16. The van der Waals surface area contributed by atoms with Crippen molar-refractivity contribution >= 4 is 11.7 Å². The molecule has 0 fully saturated rings. The highest BCUT2D eigenvalue weighted by molar-refractivity contribution is 5.95. The van der Waals surface area contributed by atoms with Crippen LogP contribution in [-0.4, -0.2) is 16.2 Å². The van der Waals surface area contributed by atoms with E-state index in [9.17, 15) is 4.79 Å². The molecular weight excluding hydrogens is 220 g/mol. The predicted octanol–water partition coefficient (Wildman–Crippen LogP) is 0.890. The number of benzene rings is 1. The highest BCUT2D eigenvalue weighted by Crippen LogP contribution is 2.05. The Morgan fingerprint density at radius 1 is 1.35 bits per heavy atom. The molecule has 1 heterocycles. The maximum atomic E-state index is 11.6. The van der Waals surface area contributed by atoms with Crippen LogP contribution in [0.5, 0.6) is 0 Å². The van der Waals surface area contributed by atoms with Gasteiger partial charge < -0.3 is 11.1 Å². The monoisotopic (exact) mass is 232 g/mol. The third kappa shape index (κ3) is 2.60. The molecular formula is C11H12N4O2. The van der Waals surface area contributed by atoms with E-state index in [0.717, 1.165) is 5.56 Å². The zero-order valence-electron chi connectivity index (χ0n) is 9.30. The number of nitrogens with zero attached hydrogens (tertiary/aromatic N) is 2. The van der Waals surface area contributed by atoms with Gasteiger partial charge in [-0.2, -0.15) is 0 Å². The lowest BCUT2D eigenvalue weighted by molar-refractivity contribution is 0.0941. The number of nitrogen functional groups attached to an aromatic ring is 1. The molecule has 0 spiro atoms. The minimum absolute atomic E-state index is 0.00796. The number of hydrogen-bond donors (Lipinski definition) is 2. The van der Waals surface area contributed by atoms with Gasteiger partial charge in [-0.25, -0.2) is 4.63 Å². The maximum absolute atomic E-state index is 11.6. The lowest BCUT2D eigenvalue weighted by Crippen LogP contribution is -2.24. The summed E-state index contributed by atoms with van der Waals surface area (Å²) >= 11 is 0. The molecule has 0 atom stereocenters. The van der Waals surface area contributed by atoms with E-state index in [1.54, 1.807) is 0 Å². The molecule has 1 aromatic carbocycles. The summed E-state index contributed by atoms with van der Waals surface area (Å²) in [5.74, 6) is -0.407. The van der Waals surface area contributed by atoms with Crippen LogP contribution < -0.4 is 11.1 Å². The van der Waals surface area contributed by atoms with Crippen molar-refractivity contribution in [3.05, 3.63) is 41.1 Å². The average molecular weight is 232 g/mol. The van der Waals surface area contributed by atoms with Gasteiger partial charge in [0.1, 0.15) is 0 Å². The van der Waals surface area contributed by atoms with Crippen LogP contribution in [0.25, 0.3) is 0 Å². The predicted molar refractivity (Wildman–Crippen MR) is 61.1 cm³/mol. The molecule has 3 N–H and O–H groups in total. The Balaban J connectivity index is 1.97. The van der Waals surface area contributed by atoms with E-state index in [-0.39, 0.29) is 11.5 Å². The first kappa shape index (κ1) is 11.1. The molecule has 1 amide bonds. The van der Waals surface area contributed by atoms with Crippen LogP contribution in [0.3, 0.4) is 0 Å². The van der Waals surface area contributed by atoms with Crippen molar-refractivity contribution in [1.82, 2.24) is 15.6 Å². The molecule has 17 heavy (non-hydrogen) atoms. The van der Waals surface area contributed by atoms with Crippen molar-refractivity contribution in [2.75, 3.05) is 5.73 Å². The van der Waals surface area contributed by atoms with Gasteiger partial charge in [0, 0.05) is 6.54 Å². The quantitative estimate of drug-likeness (QED) is 0.819. The number of aromatic nitrogens is 2. The van der Waals surface area contributed by atoms with E-state index in [1.807, 2.05) is 31.2 Å². The molecule has 0 radical (unpaired) electrons. The van der Waals surface area contributed by atoms with Crippen molar-refractivity contribution in [3.63, 3.8) is 0 Å². The van der Waals surface area contributed by atoms with E-state index in [1.165, 1.54) is 5.56 Å². The summed E-state index contributed by atoms with van der Waals surface area (Å²) in [6, 6.07) is 7.85. The Morgan fingerprint density at radius 2 is 2.06 bits per heavy atom. The van der Waals surface area contributed by atoms with E-state index in [4.69, 9.17) is 5.73 Å². The number of carbonyl (C=O) groups is 1. The zero-order valence-corrected chi connectivity index (χ0v) is 9.30. The number of amides is 1. The third-order valence-corrected chi connectivity index (χ3v) is 2.30. The molecule has 1 aromatic heterocycles. The Kier molecular flexibility index (Phi) is 3.04. The average Bonchev–Trinajstić information content (AvgIpc) is 2.74. The fourth-order valence-corrected chi connectivity index (χ4v) is 1.32. The van der Waals surface area contributed by atoms with Crippen molar-refractivity contribution in [1.29, 1.82) is 0 Å². The van der Waals surface area contributed by atoms with Gasteiger partial charge in [0.2, 0.25) is 11.5 Å². The molecule has 6 heteroatoms. The second kappa shape index (κ2) is 4.65. The highest BCUT2D eigenvalue weighted by Gasteiger charge is 2.15. The van der Waals surface area contributed by atoms with Crippen molar-refractivity contribution in [2.45, 2.75) is 13.5 Å². The largest absolute Gasteiger partial charge is 0.379 e. The minimum atomic E-state index is -0.399. The fourth-order valence-electron chi connectivity index (χ4n) is 1.32. The van der Waals surface area contributed by atoms with Crippen LogP contribution in [0.4, 0.5) is 5.82 Å². The topological polar surface area (TPSA) is 94.0 Å². The first-order valence-electron chi connectivity index (χ1n) is 5.08. The van der Waals surface area contributed by atoms with Crippen LogP contribution in [0, 0.1) is 6.92 Å². The van der Waals surface area contributed by atoms with Gasteiger partial charge in [-0.15, -0.1) is 0 Å². The van der Waals surface area contributed by atoms with Crippen molar-refractivity contribution in [2.24, 2.45) is 0 Å². The lowest BCUT2D eigenvalue weighted by Gasteiger charge is -2.03. The normalized spacial score (nSPS) is 10.2. The number of aryl methyl sites for hydroxylation is 1. The fraction of sp³-hybridized carbons (Fsp3) is 0.182. The second-order valence-electron chi connectivity index (χ2n) is 3.67. The number of anilines is 1. The van der Waals surface area contributed by atoms with Gasteiger partial charge in [-0.05, 0) is 22.8 Å². The van der Waals surface area contributed by atoms with Gasteiger partial charge >= 0.3 is 0 Å². The van der Waals surface area contributed by atoms with Crippen molar-refractivity contribution in [3.8, 4) is 0 Å². The third-order valence-electron chi connectivity index (χ3n) is 2.30. The minimum Gasteiger partial charge on any atom is -0.379 e. The van der Waals surface area contributed by atoms with E-state index < -0.39 is 5.91 Å². The second-order valence-corrected chi connectivity index (χ2v) is 3.67. The van der Waals surface area contributed by atoms with Gasteiger partial charge in [0.05, 0.1) is 0 Å². The van der Waals surface area contributed by atoms with Crippen LogP contribution in [-0.2, 0) is 6.54 Å². The standard InChI is InChI=1S/C11H12N4O2/c1-7-2-4-8(5-3-7)6-13-11(16)9-10(12)15-17-14-9/h2-5H,6H2,1H3,(H2,12,15)(H,13,16). The van der Waals surface area contributed by atoms with Gasteiger partial charge in [-0.1, -0.05) is 29.8 Å². The van der Waals surface area contributed by atoms with E-state index >= 15 is 0 Å². The van der Waals surface area contributed by atoms with E-state index in [2.05, 4.69) is 20.3 Å². The first-order valence-corrected chi connectivity index (χ1v) is 5.08. The summed E-state index contributed by atoms with van der Waals surface area (Å²) in [6.45, 7) is 2.41. The summed E-state index contributed by atoms with van der Waals surface area (Å²) in [7, 11) is 0. The van der Waals surface area contributed by atoms with Crippen molar-refractivity contribution < 1.29 is 9.42 Å². The lowest BCUT2D eigenvalue weighted by atomic mass is 10.1. The summed E-state index contributed by atoms with van der Waals surface area (Å²) in [5.41, 5.74) is 7.58. The maximum Gasteiger partial charge on any atom is 0.277 e. The van der Waals surface area contributed by atoms with Crippen LogP contribution >= 0.6 is 0 Å². The van der Waals surface area contributed by atoms with E-state index in [0.29, 0.717) is 6.54 Å². The molecule has 88 valence electrons. The zero-order chi connectivity index (χ0) is 12.3. The van der Waals surface area contributed by atoms with Crippen LogP contribution in [0.2, 0.25) is 0 Å². The number of nitrogens with one attached hydrogen (secondary N) is 1. The molecule has 0 unspecified atom stereocenters. The molecule has 0 aliphatic heterocycles. The number of hydrogen-bond acceptors (Lipinski definition) is 5. The summed E-state index contributed by atoms with van der Waals surface area (Å²) in [6.07, 6.45) is 0. The van der Waals surface area contributed by atoms with Crippen LogP contribution in [0.1, 0.15) is 21.6 Å². The molecule has 0 aliphatic rings. The Hall–Kier alpha value is -2.37. The molecule has 2 rings (SSSR count). The molecule has 2 aromatic rings. The Morgan fingerprint density at radius 3 is 2.65 bits per heavy atom. The molecule has 6 nitrogen and oxygen atoms in total.